The molecule has 1 N–H and O–H groups in total. The van der Waals surface area contributed by atoms with E-state index in [1.165, 1.54) is 0 Å². The van der Waals surface area contributed by atoms with Gasteiger partial charge in [-0.05, 0) is 38.1 Å². The smallest absolute Gasteiger partial charge is 0.125 e. The first-order chi connectivity index (χ1) is 9.47. The topological polar surface area (TPSA) is 29.5 Å². The number of aliphatic hydroxyl groups is 1. The fraction of sp³-hybridized carbons (Fsp3) is 0.250. The number of aryl methyl sites for hydroxylation is 1. The number of hydrogen-bond acceptors (Lipinski definition) is 2. The lowest BCUT2D eigenvalue weighted by Gasteiger charge is -2.15. The third kappa shape index (κ3) is 3.66. The van der Waals surface area contributed by atoms with Gasteiger partial charge in [-0.15, -0.1) is 0 Å². The average Bonchev–Trinajstić information content (AvgIpc) is 2.38. The van der Waals surface area contributed by atoms with E-state index in [4.69, 9.17) is 27.9 Å². The van der Waals surface area contributed by atoms with Gasteiger partial charge in [0.05, 0.1) is 6.10 Å². The molecule has 0 radical (unpaired) electrons. The molecule has 0 aliphatic carbocycles. The second-order valence-electron chi connectivity index (χ2n) is 4.74. The molecular formula is C16H16Cl2O2. The van der Waals surface area contributed by atoms with Gasteiger partial charge in [0.15, 0.2) is 0 Å². The summed E-state index contributed by atoms with van der Waals surface area (Å²) in [4.78, 5) is 0. The van der Waals surface area contributed by atoms with Crippen LogP contribution in [-0.4, -0.2) is 5.11 Å². The van der Waals surface area contributed by atoms with Gasteiger partial charge in [-0.25, -0.2) is 0 Å². The minimum Gasteiger partial charge on any atom is -0.488 e. The molecule has 0 aromatic heterocycles. The molecule has 4 heteroatoms. The Hall–Kier alpha value is -1.22. The van der Waals surface area contributed by atoms with Crippen LogP contribution < -0.4 is 4.74 Å². The van der Waals surface area contributed by atoms with E-state index in [0.29, 0.717) is 22.4 Å². The molecule has 20 heavy (non-hydrogen) atoms. The number of aliphatic hydroxyl groups excluding tert-OH is 1. The number of ether oxygens (including phenoxy) is 1. The van der Waals surface area contributed by atoms with E-state index in [0.717, 1.165) is 16.7 Å². The maximum absolute atomic E-state index is 9.79. The molecule has 0 saturated heterocycles. The van der Waals surface area contributed by atoms with Crippen LogP contribution in [0.25, 0.3) is 0 Å². The van der Waals surface area contributed by atoms with E-state index in [2.05, 4.69) is 0 Å². The van der Waals surface area contributed by atoms with Gasteiger partial charge >= 0.3 is 0 Å². The minimum absolute atomic E-state index is 0.332. The van der Waals surface area contributed by atoms with E-state index in [-0.39, 0.29) is 0 Å². The van der Waals surface area contributed by atoms with Crippen molar-refractivity contribution in [3.05, 3.63) is 63.1 Å². The average molecular weight is 311 g/mol. The molecule has 2 aromatic carbocycles. The van der Waals surface area contributed by atoms with Crippen LogP contribution >= 0.6 is 23.2 Å². The summed E-state index contributed by atoms with van der Waals surface area (Å²) in [6.45, 7) is 4.03. The first-order valence-electron chi connectivity index (χ1n) is 6.32. The Labute approximate surface area is 128 Å². The molecular weight excluding hydrogens is 295 g/mol. The van der Waals surface area contributed by atoms with Gasteiger partial charge in [0, 0.05) is 21.2 Å². The molecule has 0 aliphatic rings. The number of rotatable bonds is 4. The maximum atomic E-state index is 9.79. The minimum atomic E-state index is -0.578. The molecule has 0 aliphatic heterocycles. The molecule has 106 valence electrons. The summed E-state index contributed by atoms with van der Waals surface area (Å²) < 4.78 is 5.77. The standard InChI is InChI=1S/C16H16Cl2O2/c1-10-3-6-16(14(7-10)11(2)19)20-9-12-4-5-13(17)8-15(12)18/h3-8,11,19H,9H2,1-2H3/t11-/m1/s1. The fourth-order valence-corrected chi connectivity index (χ4v) is 2.38. The SMILES string of the molecule is Cc1ccc(OCc2ccc(Cl)cc2Cl)c([C@@H](C)O)c1. The zero-order valence-corrected chi connectivity index (χ0v) is 12.9. The quantitative estimate of drug-likeness (QED) is 0.867. The summed E-state index contributed by atoms with van der Waals surface area (Å²) in [7, 11) is 0. The first-order valence-corrected chi connectivity index (χ1v) is 7.08. The highest BCUT2D eigenvalue weighted by molar-refractivity contribution is 6.35. The summed E-state index contributed by atoms with van der Waals surface area (Å²) in [5, 5.41) is 11.0. The third-order valence-electron chi connectivity index (χ3n) is 3.01. The first kappa shape index (κ1) is 15.2. The van der Waals surface area contributed by atoms with Crippen LogP contribution in [0.3, 0.4) is 0 Å². The van der Waals surface area contributed by atoms with E-state index in [9.17, 15) is 5.11 Å². The van der Waals surface area contributed by atoms with Gasteiger partial charge in [0.2, 0.25) is 0 Å². The highest BCUT2D eigenvalue weighted by Gasteiger charge is 2.10. The Balaban J connectivity index is 2.18. The van der Waals surface area contributed by atoms with Crippen molar-refractivity contribution < 1.29 is 9.84 Å². The Morgan fingerprint density at radius 3 is 2.55 bits per heavy atom. The molecule has 0 amide bonds. The second kappa shape index (κ2) is 6.49. The number of benzene rings is 2. The molecule has 0 saturated carbocycles. The second-order valence-corrected chi connectivity index (χ2v) is 5.59. The largest absolute Gasteiger partial charge is 0.488 e. The van der Waals surface area contributed by atoms with Gasteiger partial charge in [0.1, 0.15) is 12.4 Å². The van der Waals surface area contributed by atoms with Crippen molar-refractivity contribution in [3.8, 4) is 5.75 Å². The van der Waals surface area contributed by atoms with E-state index < -0.39 is 6.10 Å². The van der Waals surface area contributed by atoms with Crippen molar-refractivity contribution in [3.63, 3.8) is 0 Å². The highest BCUT2D eigenvalue weighted by atomic mass is 35.5. The molecule has 0 heterocycles. The predicted molar refractivity (Wildman–Crippen MR) is 82.6 cm³/mol. The van der Waals surface area contributed by atoms with Crippen LogP contribution in [0, 0.1) is 6.92 Å². The Bertz CT molecular complexity index is 609. The van der Waals surface area contributed by atoms with Crippen molar-refractivity contribution in [1.82, 2.24) is 0 Å². The molecule has 0 bridgehead atoms. The number of halogens is 2. The zero-order chi connectivity index (χ0) is 14.7. The molecule has 2 nitrogen and oxygen atoms in total. The molecule has 0 unspecified atom stereocenters. The van der Waals surface area contributed by atoms with Gasteiger partial charge in [0.25, 0.3) is 0 Å². The van der Waals surface area contributed by atoms with Crippen LogP contribution in [0.1, 0.15) is 29.7 Å². The Kier molecular flexibility index (Phi) is 4.92. The lowest BCUT2D eigenvalue weighted by atomic mass is 10.1. The molecule has 2 aromatic rings. The predicted octanol–water partition coefficient (Wildman–Crippen LogP) is 4.93. The van der Waals surface area contributed by atoms with Crippen molar-refractivity contribution in [2.45, 2.75) is 26.6 Å². The fourth-order valence-electron chi connectivity index (χ4n) is 1.92. The Morgan fingerprint density at radius 1 is 1.15 bits per heavy atom. The molecule has 0 fully saturated rings. The van der Waals surface area contributed by atoms with Crippen molar-refractivity contribution in [2.24, 2.45) is 0 Å². The maximum Gasteiger partial charge on any atom is 0.125 e. The van der Waals surface area contributed by atoms with Crippen LogP contribution in [0.2, 0.25) is 10.0 Å². The summed E-state index contributed by atoms with van der Waals surface area (Å²) >= 11 is 12.0. The van der Waals surface area contributed by atoms with Crippen molar-refractivity contribution in [2.75, 3.05) is 0 Å². The van der Waals surface area contributed by atoms with E-state index in [1.807, 2.05) is 31.2 Å². The van der Waals surface area contributed by atoms with Crippen molar-refractivity contribution in [1.29, 1.82) is 0 Å². The van der Waals surface area contributed by atoms with Crippen LogP contribution in [0.4, 0.5) is 0 Å². The summed E-state index contributed by atoms with van der Waals surface area (Å²) in [5.74, 6) is 0.664. The van der Waals surface area contributed by atoms with Gasteiger partial charge < -0.3 is 9.84 Å². The summed E-state index contributed by atoms with van der Waals surface area (Å²) in [6, 6.07) is 11.0. The molecule has 2 rings (SSSR count). The van der Waals surface area contributed by atoms with Gasteiger partial charge in [-0.2, -0.15) is 0 Å². The van der Waals surface area contributed by atoms with Crippen LogP contribution in [-0.2, 0) is 6.61 Å². The lowest BCUT2D eigenvalue weighted by molar-refractivity contribution is 0.190. The molecule has 0 spiro atoms. The zero-order valence-electron chi connectivity index (χ0n) is 11.4. The normalized spacial score (nSPS) is 12.2. The third-order valence-corrected chi connectivity index (χ3v) is 3.60. The van der Waals surface area contributed by atoms with E-state index >= 15 is 0 Å². The van der Waals surface area contributed by atoms with Crippen LogP contribution in [0.15, 0.2) is 36.4 Å². The number of hydrogen-bond donors (Lipinski definition) is 1. The molecule has 1 atom stereocenters. The highest BCUT2D eigenvalue weighted by Crippen LogP contribution is 2.28. The summed E-state index contributed by atoms with van der Waals surface area (Å²) in [6.07, 6.45) is -0.578. The van der Waals surface area contributed by atoms with Crippen molar-refractivity contribution >= 4 is 23.2 Å². The summed E-state index contributed by atoms with van der Waals surface area (Å²) in [5.41, 5.74) is 2.71. The van der Waals surface area contributed by atoms with Gasteiger partial charge in [-0.3, -0.25) is 0 Å². The Morgan fingerprint density at radius 2 is 1.90 bits per heavy atom. The van der Waals surface area contributed by atoms with E-state index in [1.54, 1.807) is 19.1 Å². The lowest BCUT2D eigenvalue weighted by Crippen LogP contribution is -2.02. The van der Waals surface area contributed by atoms with Crippen LogP contribution in [0.5, 0.6) is 5.75 Å². The van der Waals surface area contributed by atoms with Gasteiger partial charge in [-0.1, -0.05) is 40.9 Å². The monoisotopic (exact) mass is 310 g/mol.